The van der Waals surface area contributed by atoms with Gasteiger partial charge in [0.1, 0.15) is 5.78 Å². The van der Waals surface area contributed by atoms with Gasteiger partial charge in [0, 0.05) is 11.8 Å². The summed E-state index contributed by atoms with van der Waals surface area (Å²) in [4.78, 5) is 17.6. The molecular formula is C29H46N2O. The number of rotatable bonds is 4. The van der Waals surface area contributed by atoms with Gasteiger partial charge in [-0.3, -0.25) is 15.1 Å². The minimum absolute atomic E-state index is 0.0304. The summed E-state index contributed by atoms with van der Waals surface area (Å²) >= 11 is 0. The lowest BCUT2D eigenvalue weighted by atomic mass is 9.73. The van der Waals surface area contributed by atoms with Crippen LogP contribution in [0.2, 0.25) is 0 Å². The summed E-state index contributed by atoms with van der Waals surface area (Å²) < 4.78 is 0. The van der Waals surface area contributed by atoms with E-state index in [2.05, 4.69) is 57.3 Å². The standard InChI is InChI=1S/C29H46N2O/c1-21(30-26-18-14-13-17-25(26)29(3,4)5)27-19-24(20-28(31-27)22(2)32)23-15-11-9-7-6-8-10-12-16-23/h13-14,17-18,23-24,27-28,31H,6-12,15-16,19-20H2,1-5H3/b30-21+. The van der Waals surface area contributed by atoms with Gasteiger partial charge in [-0.15, -0.1) is 0 Å². The molecule has 3 unspecified atom stereocenters. The lowest BCUT2D eigenvalue weighted by molar-refractivity contribution is -0.120. The van der Waals surface area contributed by atoms with Gasteiger partial charge in [0.2, 0.25) is 0 Å². The summed E-state index contributed by atoms with van der Waals surface area (Å²) in [6, 6.07) is 8.67. The number of hydrogen-bond donors (Lipinski definition) is 1. The summed E-state index contributed by atoms with van der Waals surface area (Å²) in [5.41, 5.74) is 3.53. The fraction of sp³-hybridized carbons (Fsp3) is 0.724. The van der Waals surface area contributed by atoms with E-state index in [-0.39, 0.29) is 23.3 Å². The van der Waals surface area contributed by atoms with Crippen molar-refractivity contribution in [2.24, 2.45) is 16.8 Å². The molecule has 0 spiro atoms. The van der Waals surface area contributed by atoms with Crippen LogP contribution < -0.4 is 5.32 Å². The Balaban J connectivity index is 1.81. The van der Waals surface area contributed by atoms with Crippen molar-refractivity contribution >= 4 is 17.2 Å². The molecule has 1 heterocycles. The number of nitrogens with zero attached hydrogens (tertiary/aromatic N) is 1. The fourth-order valence-electron chi connectivity index (χ4n) is 5.83. The Labute approximate surface area is 196 Å². The van der Waals surface area contributed by atoms with Crippen LogP contribution in [-0.4, -0.2) is 23.6 Å². The fourth-order valence-corrected chi connectivity index (χ4v) is 5.83. The second kappa shape index (κ2) is 11.6. The molecule has 1 saturated carbocycles. The quantitative estimate of drug-likeness (QED) is 0.493. The van der Waals surface area contributed by atoms with E-state index in [1.807, 2.05) is 0 Å². The van der Waals surface area contributed by atoms with Gasteiger partial charge < -0.3 is 0 Å². The lowest BCUT2D eigenvalue weighted by Crippen LogP contribution is -2.52. The van der Waals surface area contributed by atoms with Gasteiger partial charge in [-0.05, 0) is 55.6 Å². The second-order valence-electron chi connectivity index (χ2n) is 11.4. The molecule has 0 amide bonds. The van der Waals surface area contributed by atoms with Crippen molar-refractivity contribution in [3.63, 3.8) is 0 Å². The zero-order valence-electron chi connectivity index (χ0n) is 21.3. The maximum Gasteiger partial charge on any atom is 0.146 e. The molecule has 0 radical (unpaired) electrons. The highest BCUT2D eigenvalue weighted by molar-refractivity contribution is 5.91. The smallest absolute Gasteiger partial charge is 0.146 e. The molecule has 1 N–H and O–H groups in total. The van der Waals surface area contributed by atoms with Crippen LogP contribution in [0.4, 0.5) is 5.69 Å². The molecule has 3 heteroatoms. The third kappa shape index (κ3) is 7.01. The van der Waals surface area contributed by atoms with E-state index in [1.54, 1.807) is 6.92 Å². The molecule has 3 rings (SSSR count). The first-order chi connectivity index (χ1) is 15.3. The highest BCUT2D eigenvalue weighted by Crippen LogP contribution is 2.37. The van der Waals surface area contributed by atoms with Crippen LogP contribution in [0.3, 0.4) is 0 Å². The van der Waals surface area contributed by atoms with E-state index in [0.717, 1.165) is 30.2 Å². The maximum atomic E-state index is 12.5. The molecule has 178 valence electrons. The van der Waals surface area contributed by atoms with Crippen molar-refractivity contribution in [3.05, 3.63) is 29.8 Å². The van der Waals surface area contributed by atoms with E-state index < -0.39 is 0 Å². The Hall–Kier alpha value is -1.48. The largest absolute Gasteiger partial charge is 0.299 e. The monoisotopic (exact) mass is 438 g/mol. The Morgan fingerprint density at radius 3 is 2.00 bits per heavy atom. The Morgan fingerprint density at radius 1 is 0.844 bits per heavy atom. The number of aliphatic imine (C=N–C) groups is 1. The number of ketones is 1. The predicted octanol–water partition coefficient (Wildman–Crippen LogP) is 7.54. The predicted molar refractivity (Wildman–Crippen MR) is 137 cm³/mol. The molecule has 1 aliphatic carbocycles. The zero-order valence-corrected chi connectivity index (χ0v) is 21.3. The van der Waals surface area contributed by atoms with Crippen molar-refractivity contribution in [1.29, 1.82) is 0 Å². The van der Waals surface area contributed by atoms with Gasteiger partial charge in [0.15, 0.2) is 0 Å². The van der Waals surface area contributed by atoms with Crippen LogP contribution in [0, 0.1) is 11.8 Å². The molecule has 3 nitrogen and oxygen atoms in total. The summed E-state index contributed by atoms with van der Waals surface area (Å²) in [7, 11) is 0. The van der Waals surface area contributed by atoms with E-state index >= 15 is 0 Å². The van der Waals surface area contributed by atoms with E-state index in [0.29, 0.717) is 5.92 Å². The highest BCUT2D eigenvalue weighted by Gasteiger charge is 2.35. The molecule has 2 aliphatic rings. The zero-order chi connectivity index (χ0) is 23.1. The molecule has 2 fully saturated rings. The van der Waals surface area contributed by atoms with E-state index in [4.69, 9.17) is 4.99 Å². The van der Waals surface area contributed by atoms with Crippen molar-refractivity contribution in [2.75, 3.05) is 0 Å². The van der Waals surface area contributed by atoms with Crippen LogP contribution >= 0.6 is 0 Å². The van der Waals surface area contributed by atoms with Crippen LogP contribution in [0.15, 0.2) is 29.3 Å². The van der Waals surface area contributed by atoms with E-state index in [9.17, 15) is 4.79 Å². The van der Waals surface area contributed by atoms with Crippen LogP contribution in [0.1, 0.15) is 111 Å². The first kappa shape index (κ1) is 25.1. The van der Waals surface area contributed by atoms with E-state index in [1.165, 1.54) is 63.4 Å². The Morgan fingerprint density at radius 2 is 1.41 bits per heavy atom. The molecular weight excluding hydrogens is 392 g/mol. The van der Waals surface area contributed by atoms with Gasteiger partial charge in [-0.25, -0.2) is 0 Å². The summed E-state index contributed by atoms with van der Waals surface area (Å²) in [6.45, 7) is 10.7. The van der Waals surface area contributed by atoms with Crippen molar-refractivity contribution < 1.29 is 4.79 Å². The number of Topliss-reactive ketones (excluding diaryl/α,β-unsaturated/α-hetero) is 1. The van der Waals surface area contributed by atoms with Gasteiger partial charge in [-0.1, -0.05) is 96.8 Å². The molecule has 0 aromatic heterocycles. The topological polar surface area (TPSA) is 41.5 Å². The molecule has 1 aromatic rings. The number of hydrogen-bond acceptors (Lipinski definition) is 3. The number of carbonyl (C=O) groups excluding carboxylic acids is 1. The minimum atomic E-state index is -0.0304. The number of carbonyl (C=O) groups is 1. The molecule has 1 aromatic carbocycles. The number of para-hydroxylation sites is 1. The highest BCUT2D eigenvalue weighted by atomic mass is 16.1. The van der Waals surface area contributed by atoms with Crippen LogP contribution in [0.25, 0.3) is 0 Å². The normalized spacial score (nSPS) is 27.2. The van der Waals surface area contributed by atoms with Gasteiger partial charge >= 0.3 is 0 Å². The minimum Gasteiger partial charge on any atom is -0.299 e. The summed E-state index contributed by atoms with van der Waals surface area (Å²) in [5.74, 6) is 1.66. The first-order valence-electron chi connectivity index (χ1n) is 13.2. The second-order valence-corrected chi connectivity index (χ2v) is 11.4. The summed E-state index contributed by atoms with van der Waals surface area (Å²) in [6.07, 6.45) is 14.5. The van der Waals surface area contributed by atoms with Crippen molar-refractivity contribution in [1.82, 2.24) is 5.32 Å². The van der Waals surface area contributed by atoms with Crippen LogP contribution in [-0.2, 0) is 10.2 Å². The molecule has 3 atom stereocenters. The Bertz CT molecular complexity index is 766. The number of benzene rings is 1. The number of piperidine rings is 1. The van der Waals surface area contributed by atoms with Crippen LogP contribution in [0.5, 0.6) is 0 Å². The SMILES string of the molecule is CC(=O)C1CC(C2CCCCCCCCC2)CC(/C(C)=N/c2ccccc2C(C)(C)C)N1. The third-order valence-electron chi connectivity index (χ3n) is 7.80. The average Bonchev–Trinajstić information content (AvgIpc) is 2.76. The molecule has 1 aliphatic heterocycles. The molecule has 32 heavy (non-hydrogen) atoms. The van der Waals surface area contributed by atoms with Gasteiger partial charge in [-0.2, -0.15) is 0 Å². The summed E-state index contributed by atoms with van der Waals surface area (Å²) in [5, 5.41) is 3.67. The van der Waals surface area contributed by atoms with Crippen molar-refractivity contribution in [2.45, 2.75) is 123 Å². The lowest BCUT2D eigenvalue weighted by Gasteiger charge is -2.39. The van der Waals surface area contributed by atoms with Gasteiger partial charge in [0.05, 0.1) is 11.7 Å². The Kier molecular flexibility index (Phi) is 9.11. The molecule has 0 bridgehead atoms. The maximum absolute atomic E-state index is 12.5. The van der Waals surface area contributed by atoms with Gasteiger partial charge in [0.25, 0.3) is 0 Å². The number of nitrogens with one attached hydrogen (secondary N) is 1. The molecule has 1 saturated heterocycles. The first-order valence-corrected chi connectivity index (χ1v) is 13.2. The average molecular weight is 439 g/mol. The third-order valence-corrected chi connectivity index (χ3v) is 7.80. The van der Waals surface area contributed by atoms with Crippen molar-refractivity contribution in [3.8, 4) is 0 Å².